The van der Waals surface area contributed by atoms with Gasteiger partial charge in [-0.15, -0.1) is 0 Å². The van der Waals surface area contributed by atoms with Crippen molar-refractivity contribution in [3.8, 4) is 5.75 Å². The Morgan fingerprint density at radius 1 is 1.31 bits per heavy atom. The fourth-order valence-corrected chi connectivity index (χ4v) is 1.79. The van der Waals surface area contributed by atoms with Gasteiger partial charge in [-0.05, 0) is 30.9 Å². The Morgan fingerprint density at radius 2 is 2.15 bits per heavy atom. The average molecular weight is 174 g/mol. The SMILES string of the molecule is Oc1cccc2occ(C3CC3)c12. The van der Waals surface area contributed by atoms with E-state index >= 15 is 0 Å². The molecule has 1 fully saturated rings. The molecule has 1 aromatic heterocycles. The molecular formula is C11H10O2. The first-order chi connectivity index (χ1) is 6.36. The lowest BCUT2D eigenvalue weighted by Crippen LogP contribution is -1.75. The van der Waals surface area contributed by atoms with Crippen molar-refractivity contribution < 1.29 is 9.52 Å². The van der Waals surface area contributed by atoms with Crippen LogP contribution in [0.15, 0.2) is 28.9 Å². The number of benzene rings is 1. The molecule has 1 saturated carbocycles. The Labute approximate surface area is 75.8 Å². The highest BCUT2D eigenvalue weighted by molar-refractivity contribution is 5.87. The van der Waals surface area contributed by atoms with Crippen molar-refractivity contribution in [2.75, 3.05) is 0 Å². The summed E-state index contributed by atoms with van der Waals surface area (Å²) in [4.78, 5) is 0. The Balaban J connectivity index is 2.34. The molecule has 0 aliphatic heterocycles. The Morgan fingerprint density at radius 3 is 2.92 bits per heavy atom. The number of aromatic hydroxyl groups is 1. The number of phenols is 1. The number of hydrogen-bond donors (Lipinski definition) is 1. The molecule has 1 aromatic carbocycles. The number of rotatable bonds is 1. The third-order valence-electron chi connectivity index (χ3n) is 2.62. The largest absolute Gasteiger partial charge is 0.507 e. The summed E-state index contributed by atoms with van der Waals surface area (Å²) in [6.07, 6.45) is 4.23. The molecule has 1 heterocycles. The Bertz CT molecular complexity index is 452. The standard InChI is InChI=1S/C11H10O2/c12-9-2-1-3-10-11(9)8(6-13-10)7-4-5-7/h1-3,6-7,12H,4-5H2. The lowest BCUT2D eigenvalue weighted by Gasteiger charge is -1.95. The van der Waals surface area contributed by atoms with Crippen LogP contribution in [0.4, 0.5) is 0 Å². The van der Waals surface area contributed by atoms with Crippen LogP contribution < -0.4 is 0 Å². The lowest BCUT2D eigenvalue weighted by molar-refractivity contribution is 0.481. The highest BCUT2D eigenvalue weighted by atomic mass is 16.3. The van der Waals surface area contributed by atoms with E-state index in [0.717, 1.165) is 11.0 Å². The molecule has 0 bridgehead atoms. The maximum Gasteiger partial charge on any atom is 0.137 e. The van der Waals surface area contributed by atoms with E-state index in [0.29, 0.717) is 11.7 Å². The van der Waals surface area contributed by atoms with Gasteiger partial charge in [0.1, 0.15) is 11.3 Å². The molecular weight excluding hydrogens is 164 g/mol. The number of furan rings is 1. The summed E-state index contributed by atoms with van der Waals surface area (Å²) in [5.74, 6) is 0.961. The molecule has 13 heavy (non-hydrogen) atoms. The van der Waals surface area contributed by atoms with Crippen molar-refractivity contribution in [1.29, 1.82) is 0 Å². The van der Waals surface area contributed by atoms with E-state index in [1.807, 2.05) is 6.07 Å². The van der Waals surface area contributed by atoms with Crippen LogP contribution in [0.5, 0.6) is 5.75 Å². The second kappa shape index (κ2) is 2.28. The van der Waals surface area contributed by atoms with Crippen molar-refractivity contribution in [1.82, 2.24) is 0 Å². The van der Waals surface area contributed by atoms with Gasteiger partial charge in [0.25, 0.3) is 0 Å². The fourth-order valence-electron chi connectivity index (χ4n) is 1.79. The van der Waals surface area contributed by atoms with Gasteiger partial charge in [-0.25, -0.2) is 0 Å². The Kier molecular flexibility index (Phi) is 1.23. The Hall–Kier alpha value is -1.44. The molecule has 66 valence electrons. The highest BCUT2D eigenvalue weighted by Crippen LogP contribution is 2.45. The highest BCUT2D eigenvalue weighted by Gasteiger charge is 2.28. The van der Waals surface area contributed by atoms with Crippen molar-refractivity contribution in [3.63, 3.8) is 0 Å². The van der Waals surface area contributed by atoms with E-state index < -0.39 is 0 Å². The summed E-state index contributed by atoms with van der Waals surface area (Å²) in [6, 6.07) is 5.41. The molecule has 1 N–H and O–H groups in total. The monoisotopic (exact) mass is 174 g/mol. The van der Waals surface area contributed by atoms with E-state index in [4.69, 9.17) is 4.42 Å². The average Bonchev–Trinajstić information content (AvgIpc) is 2.87. The van der Waals surface area contributed by atoms with Crippen molar-refractivity contribution >= 4 is 11.0 Å². The summed E-state index contributed by atoms with van der Waals surface area (Å²) in [7, 11) is 0. The maximum absolute atomic E-state index is 9.66. The minimum Gasteiger partial charge on any atom is -0.507 e. The van der Waals surface area contributed by atoms with Gasteiger partial charge in [-0.1, -0.05) is 6.07 Å². The molecule has 0 saturated heterocycles. The first-order valence-corrected chi connectivity index (χ1v) is 4.55. The molecule has 1 aliphatic carbocycles. The number of fused-ring (bicyclic) bond motifs is 1. The minimum atomic E-state index is 0.341. The fraction of sp³-hybridized carbons (Fsp3) is 0.273. The van der Waals surface area contributed by atoms with Crippen LogP contribution in [0.2, 0.25) is 0 Å². The van der Waals surface area contributed by atoms with Gasteiger partial charge in [-0.2, -0.15) is 0 Å². The van der Waals surface area contributed by atoms with E-state index in [2.05, 4.69) is 0 Å². The predicted molar refractivity (Wildman–Crippen MR) is 49.9 cm³/mol. The summed E-state index contributed by atoms with van der Waals surface area (Å²) in [5, 5.41) is 10.6. The smallest absolute Gasteiger partial charge is 0.137 e. The molecule has 0 unspecified atom stereocenters. The summed E-state index contributed by atoms with van der Waals surface area (Å²) in [5.41, 5.74) is 1.97. The zero-order valence-corrected chi connectivity index (χ0v) is 7.16. The molecule has 3 rings (SSSR count). The quantitative estimate of drug-likeness (QED) is 0.720. The zero-order valence-electron chi connectivity index (χ0n) is 7.16. The van der Waals surface area contributed by atoms with Crippen molar-refractivity contribution in [2.45, 2.75) is 18.8 Å². The van der Waals surface area contributed by atoms with Crippen molar-refractivity contribution in [3.05, 3.63) is 30.0 Å². The van der Waals surface area contributed by atoms with Crippen LogP contribution in [-0.4, -0.2) is 5.11 Å². The second-order valence-electron chi connectivity index (χ2n) is 3.62. The topological polar surface area (TPSA) is 33.4 Å². The normalized spacial score (nSPS) is 16.6. The van der Waals surface area contributed by atoms with Gasteiger partial charge in [0.2, 0.25) is 0 Å². The number of phenolic OH excluding ortho intramolecular Hbond substituents is 1. The first-order valence-electron chi connectivity index (χ1n) is 4.55. The molecule has 1 aliphatic rings. The number of hydrogen-bond acceptors (Lipinski definition) is 2. The molecule has 0 amide bonds. The van der Waals surface area contributed by atoms with Crippen LogP contribution in [0.3, 0.4) is 0 Å². The van der Waals surface area contributed by atoms with E-state index in [-0.39, 0.29) is 0 Å². The molecule has 2 aromatic rings. The van der Waals surface area contributed by atoms with Crippen LogP contribution >= 0.6 is 0 Å². The van der Waals surface area contributed by atoms with Crippen molar-refractivity contribution in [2.24, 2.45) is 0 Å². The predicted octanol–water partition coefficient (Wildman–Crippen LogP) is 3.02. The zero-order chi connectivity index (χ0) is 8.84. The first kappa shape index (κ1) is 7.01. The van der Waals surface area contributed by atoms with Gasteiger partial charge in [0, 0.05) is 5.56 Å². The lowest BCUT2D eigenvalue weighted by atomic mass is 10.1. The molecule has 0 atom stereocenters. The molecule has 2 heteroatoms. The molecule has 2 nitrogen and oxygen atoms in total. The minimum absolute atomic E-state index is 0.341. The summed E-state index contributed by atoms with van der Waals surface area (Å²) in [6.45, 7) is 0. The third-order valence-corrected chi connectivity index (χ3v) is 2.62. The van der Waals surface area contributed by atoms with E-state index in [9.17, 15) is 5.11 Å². The third kappa shape index (κ3) is 0.949. The molecule has 0 spiro atoms. The molecule has 0 radical (unpaired) electrons. The van der Waals surface area contributed by atoms with E-state index in [1.54, 1.807) is 18.4 Å². The summed E-state index contributed by atoms with van der Waals surface area (Å²) >= 11 is 0. The van der Waals surface area contributed by atoms with E-state index in [1.165, 1.54) is 18.4 Å². The van der Waals surface area contributed by atoms with Gasteiger partial charge in [0.15, 0.2) is 0 Å². The van der Waals surface area contributed by atoms with Crippen LogP contribution in [0.25, 0.3) is 11.0 Å². The van der Waals surface area contributed by atoms with Crippen LogP contribution in [0, 0.1) is 0 Å². The maximum atomic E-state index is 9.66. The second-order valence-corrected chi connectivity index (χ2v) is 3.62. The van der Waals surface area contributed by atoms with Gasteiger partial charge < -0.3 is 9.52 Å². The van der Waals surface area contributed by atoms with Crippen LogP contribution in [0.1, 0.15) is 24.3 Å². The summed E-state index contributed by atoms with van der Waals surface area (Å²) < 4.78 is 5.37. The van der Waals surface area contributed by atoms with Crippen LogP contribution in [-0.2, 0) is 0 Å². The van der Waals surface area contributed by atoms with Gasteiger partial charge in [0.05, 0.1) is 11.6 Å². The van der Waals surface area contributed by atoms with Gasteiger partial charge >= 0.3 is 0 Å². The van der Waals surface area contributed by atoms with Gasteiger partial charge in [-0.3, -0.25) is 0 Å².